The van der Waals surface area contributed by atoms with Gasteiger partial charge in [0.2, 0.25) is 17.7 Å². The van der Waals surface area contributed by atoms with E-state index in [0.29, 0.717) is 31.5 Å². The number of anilines is 2. The number of likely N-dealkylation sites (tertiary alicyclic amines) is 1. The summed E-state index contributed by atoms with van der Waals surface area (Å²) in [5, 5.41) is 5.91. The Labute approximate surface area is 240 Å². The van der Waals surface area contributed by atoms with Gasteiger partial charge in [-0.2, -0.15) is 0 Å². The molecule has 1 aliphatic heterocycles. The van der Waals surface area contributed by atoms with Crippen LogP contribution < -0.4 is 10.6 Å². The molecular formula is C35H33N3O3. The Bertz CT molecular complexity index is 1500. The quantitative estimate of drug-likeness (QED) is 0.246. The zero-order valence-electron chi connectivity index (χ0n) is 22.8. The topological polar surface area (TPSA) is 78.5 Å². The first kappa shape index (κ1) is 27.6. The molecule has 0 unspecified atom stereocenters. The molecule has 0 aromatic heterocycles. The second kappa shape index (κ2) is 13.4. The van der Waals surface area contributed by atoms with Gasteiger partial charge in [0.05, 0.1) is 12.8 Å². The maximum Gasteiger partial charge on any atom is 0.247 e. The third-order valence-corrected chi connectivity index (χ3v) is 7.12. The van der Waals surface area contributed by atoms with Crippen LogP contribution in [0.3, 0.4) is 0 Å². The van der Waals surface area contributed by atoms with Gasteiger partial charge in [0.1, 0.15) is 6.04 Å². The Balaban J connectivity index is 1.11. The molecule has 4 aromatic rings. The number of hydrogen-bond acceptors (Lipinski definition) is 3. The molecule has 3 amide bonds. The Morgan fingerprint density at radius 3 is 1.73 bits per heavy atom. The van der Waals surface area contributed by atoms with Crippen LogP contribution in [0.1, 0.15) is 35.1 Å². The number of hydrogen-bond donors (Lipinski definition) is 2. The first-order chi connectivity index (χ1) is 20.0. The summed E-state index contributed by atoms with van der Waals surface area (Å²) in [6, 6.07) is 34.1. The van der Waals surface area contributed by atoms with Gasteiger partial charge in [-0.3, -0.25) is 14.4 Å². The fraction of sp³-hybridized carbons (Fsp3) is 0.171. The van der Waals surface area contributed by atoms with Gasteiger partial charge in [-0.15, -0.1) is 0 Å². The predicted octanol–water partition coefficient (Wildman–Crippen LogP) is 6.21. The van der Waals surface area contributed by atoms with Crippen LogP contribution in [0, 0.1) is 0 Å². The third-order valence-electron chi connectivity index (χ3n) is 7.12. The minimum atomic E-state index is -0.447. The number of nitrogens with zero attached hydrogens (tertiary/aromatic N) is 1. The molecule has 206 valence electrons. The summed E-state index contributed by atoms with van der Waals surface area (Å²) in [4.78, 5) is 39.9. The van der Waals surface area contributed by atoms with E-state index in [-0.39, 0.29) is 17.7 Å². The molecule has 0 radical (unpaired) electrons. The number of benzene rings is 4. The number of nitrogens with one attached hydrogen (secondary N) is 2. The van der Waals surface area contributed by atoms with E-state index < -0.39 is 6.04 Å². The summed E-state index contributed by atoms with van der Waals surface area (Å²) in [6.45, 7) is 0.606. The molecule has 0 bridgehead atoms. The average Bonchev–Trinajstić information content (AvgIpc) is 3.49. The zero-order valence-corrected chi connectivity index (χ0v) is 22.8. The minimum absolute atomic E-state index is 0.0167. The van der Waals surface area contributed by atoms with Gasteiger partial charge < -0.3 is 15.5 Å². The van der Waals surface area contributed by atoms with Crippen LogP contribution in [0.15, 0.2) is 109 Å². The summed E-state index contributed by atoms with van der Waals surface area (Å²) >= 11 is 0. The molecular weight excluding hydrogens is 510 g/mol. The van der Waals surface area contributed by atoms with Crippen LogP contribution >= 0.6 is 0 Å². The van der Waals surface area contributed by atoms with Crippen LogP contribution in [0.2, 0.25) is 0 Å². The highest BCUT2D eigenvalue weighted by molar-refractivity contribution is 5.98. The van der Waals surface area contributed by atoms with Crippen molar-refractivity contribution in [3.63, 3.8) is 0 Å². The van der Waals surface area contributed by atoms with Gasteiger partial charge in [0.25, 0.3) is 0 Å². The molecule has 4 aromatic carbocycles. The molecule has 1 fully saturated rings. The molecule has 1 atom stereocenters. The third kappa shape index (κ3) is 7.79. The summed E-state index contributed by atoms with van der Waals surface area (Å²) < 4.78 is 0. The summed E-state index contributed by atoms with van der Waals surface area (Å²) in [6.07, 6.45) is 6.13. The fourth-order valence-corrected chi connectivity index (χ4v) is 4.97. The molecule has 0 saturated carbocycles. The largest absolute Gasteiger partial charge is 0.330 e. The lowest BCUT2D eigenvalue weighted by atomic mass is 10.1. The molecule has 5 rings (SSSR count). The Morgan fingerprint density at radius 1 is 0.659 bits per heavy atom. The second-order valence-corrected chi connectivity index (χ2v) is 10.2. The van der Waals surface area contributed by atoms with Crippen LogP contribution in [-0.4, -0.2) is 35.2 Å². The van der Waals surface area contributed by atoms with E-state index in [1.165, 1.54) is 0 Å². The molecule has 0 spiro atoms. The van der Waals surface area contributed by atoms with Crippen molar-refractivity contribution in [1.29, 1.82) is 0 Å². The Kier molecular flexibility index (Phi) is 9.01. The van der Waals surface area contributed by atoms with Gasteiger partial charge in [-0.25, -0.2) is 0 Å². The van der Waals surface area contributed by atoms with Crippen LogP contribution in [0.25, 0.3) is 12.2 Å². The summed E-state index contributed by atoms with van der Waals surface area (Å²) in [5.74, 6) is -0.216. The van der Waals surface area contributed by atoms with Crippen molar-refractivity contribution in [2.45, 2.75) is 31.7 Å². The van der Waals surface area contributed by atoms with E-state index in [1.54, 1.807) is 4.90 Å². The highest BCUT2D eigenvalue weighted by Crippen LogP contribution is 2.21. The molecule has 2 N–H and O–H groups in total. The zero-order chi connectivity index (χ0) is 28.4. The van der Waals surface area contributed by atoms with Crippen molar-refractivity contribution in [1.82, 2.24) is 4.90 Å². The Morgan fingerprint density at radius 2 is 1.17 bits per heavy atom. The number of carbonyl (C=O) groups excluding carboxylic acids is 3. The minimum Gasteiger partial charge on any atom is -0.330 e. The normalized spacial score (nSPS) is 14.6. The van der Waals surface area contributed by atoms with E-state index >= 15 is 0 Å². The summed E-state index contributed by atoms with van der Waals surface area (Å²) in [5.41, 5.74) is 5.38. The van der Waals surface area contributed by atoms with Crippen LogP contribution in [-0.2, 0) is 27.2 Å². The van der Waals surface area contributed by atoms with Gasteiger partial charge in [-0.1, -0.05) is 97.1 Å². The molecule has 1 saturated heterocycles. The molecule has 41 heavy (non-hydrogen) atoms. The number of carbonyl (C=O) groups is 3. The monoisotopic (exact) mass is 543 g/mol. The van der Waals surface area contributed by atoms with Crippen molar-refractivity contribution >= 4 is 41.2 Å². The average molecular weight is 544 g/mol. The Hall–Kier alpha value is -4.97. The molecule has 1 aliphatic rings. The summed E-state index contributed by atoms with van der Waals surface area (Å²) in [7, 11) is 0. The van der Waals surface area contributed by atoms with E-state index in [2.05, 4.69) is 10.6 Å². The molecule has 6 heteroatoms. The van der Waals surface area contributed by atoms with Crippen LogP contribution in [0.4, 0.5) is 11.4 Å². The standard InChI is InChI=1S/C35H33N3O3/c39-33(24-28-8-3-1-4-9-28)36-30-19-15-26(16-20-30)13-14-27-17-21-31(22-18-27)37-35(41)32-12-7-23-38(32)34(40)25-29-10-5-2-6-11-29/h1-6,8-11,13-22,32H,7,12,23-25H2,(H,36,39)(H,37,41)/b14-13+/t32-/m0/s1. The van der Waals surface area contributed by atoms with E-state index in [1.807, 2.05) is 121 Å². The second-order valence-electron chi connectivity index (χ2n) is 10.2. The predicted molar refractivity (Wildman–Crippen MR) is 164 cm³/mol. The van der Waals surface area contributed by atoms with Gasteiger partial charge in [0.15, 0.2) is 0 Å². The lowest BCUT2D eigenvalue weighted by molar-refractivity contribution is -0.136. The first-order valence-electron chi connectivity index (χ1n) is 13.9. The smallest absolute Gasteiger partial charge is 0.247 e. The van der Waals surface area contributed by atoms with Crippen LogP contribution in [0.5, 0.6) is 0 Å². The lowest BCUT2D eigenvalue weighted by Gasteiger charge is -2.24. The van der Waals surface area contributed by atoms with Crippen molar-refractivity contribution in [3.8, 4) is 0 Å². The molecule has 0 aliphatic carbocycles. The molecule has 6 nitrogen and oxygen atoms in total. The molecule has 1 heterocycles. The van der Waals surface area contributed by atoms with E-state index in [9.17, 15) is 14.4 Å². The van der Waals surface area contributed by atoms with Crippen molar-refractivity contribution in [2.24, 2.45) is 0 Å². The SMILES string of the molecule is O=C(Cc1ccccc1)Nc1ccc(/C=C/c2ccc(NC(=O)[C@@H]3CCCN3C(=O)Cc3ccccc3)cc2)cc1. The highest BCUT2D eigenvalue weighted by atomic mass is 16.2. The maximum atomic E-state index is 13.0. The lowest BCUT2D eigenvalue weighted by Crippen LogP contribution is -2.43. The van der Waals surface area contributed by atoms with E-state index in [0.717, 1.165) is 34.4 Å². The van der Waals surface area contributed by atoms with Gasteiger partial charge in [-0.05, 0) is 59.4 Å². The van der Waals surface area contributed by atoms with Gasteiger partial charge >= 0.3 is 0 Å². The first-order valence-corrected chi connectivity index (χ1v) is 13.9. The van der Waals surface area contributed by atoms with E-state index in [4.69, 9.17) is 0 Å². The van der Waals surface area contributed by atoms with Crippen molar-refractivity contribution < 1.29 is 14.4 Å². The van der Waals surface area contributed by atoms with Crippen molar-refractivity contribution in [2.75, 3.05) is 17.2 Å². The number of rotatable bonds is 9. The van der Waals surface area contributed by atoms with Gasteiger partial charge in [0, 0.05) is 17.9 Å². The fourth-order valence-electron chi connectivity index (χ4n) is 4.97. The highest BCUT2D eigenvalue weighted by Gasteiger charge is 2.33. The van der Waals surface area contributed by atoms with Crippen molar-refractivity contribution in [3.05, 3.63) is 131 Å². The maximum absolute atomic E-state index is 13.0. The number of amides is 3.